The first-order valence-corrected chi connectivity index (χ1v) is 12.3. The van der Waals surface area contributed by atoms with E-state index in [1.54, 1.807) is 6.20 Å². The lowest BCUT2D eigenvalue weighted by molar-refractivity contribution is 0.0951. The van der Waals surface area contributed by atoms with E-state index in [9.17, 15) is 4.79 Å². The van der Waals surface area contributed by atoms with Crippen LogP contribution in [0.4, 0.5) is 0 Å². The van der Waals surface area contributed by atoms with E-state index in [0.717, 1.165) is 46.7 Å². The van der Waals surface area contributed by atoms with Gasteiger partial charge in [0.2, 0.25) is 5.90 Å². The van der Waals surface area contributed by atoms with Gasteiger partial charge in [0.1, 0.15) is 12.3 Å². The van der Waals surface area contributed by atoms with Gasteiger partial charge in [-0.3, -0.25) is 9.78 Å². The quantitative estimate of drug-likeness (QED) is 0.561. The van der Waals surface area contributed by atoms with Crippen LogP contribution in [-0.2, 0) is 4.74 Å². The second-order valence-electron chi connectivity index (χ2n) is 9.48. The summed E-state index contributed by atoms with van der Waals surface area (Å²) >= 11 is 0. The van der Waals surface area contributed by atoms with E-state index in [1.165, 1.54) is 16.7 Å². The van der Waals surface area contributed by atoms with Gasteiger partial charge in [0, 0.05) is 24.0 Å². The number of ether oxygens (including phenoxy) is 1. The largest absolute Gasteiger partial charge is 0.473 e. The second kappa shape index (κ2) is 9.96. The number of nitrogens with one attached hydrogen (secondary N) is 1. The molecule has 2 aromatic rings. The maximum atomic E-state index is 12.4. The van der Waals surface area contributed by atoms with Gasteiger partial charge in [-0.15, -0.1) is 0 Å². The molecule has 178 valence electrons. The third kappa shape index (κ3) is 4.70. The number of allylic oxidation sites excluding steroid dienone is 1. The number of hydrogen-bond donors (Lipinski definition) is 1. The summed E-state index contributed by atoms with van der Waals surface area (Å²) in [5, 5.41) is 2.84. The van der Waals surface area contributed by atoms with Crippen molar-refractivity contribution in [1.82, 2.24) is 10.3 Å². The molecule has 0 saturated carbocycles. The van der Waals surface area contributed by atoms with E-state index in [2.05, 4.69) is 62.3 Å². The van der Waals surface area contributed by atoms with Crippen molar-refractivity contribution in [3.8, 4) is 11.1 Å². The van der Waals surface area contributed by atoms with Crippen LogP contribution < -0.4 is 5.32 Å². The number of benzene rings is 1. The number of pyridine rings is 1. The molecule has 0 fully saturated rings. The Morgan fingerprint density at radius 2 is 1.97 bits per heavy atom. The predicted molar refractivity (Wildman–Crippen MR) is 139 cm³/mol. The summed E-state index contributed by atoms with van der Waals surface area (Å²) in [5.41, 5.74) is 9.60. The van der Waals surface area contributed by atoms with Crippen LogP contribution in [0, 0.1) is 12.8 Å². The number of aliphatic imine (C=N–C) groups is 1. The minimum Gasteiger partial charge on any atom is -0.473 e. The first-order chi connectivity index (χ1) is 16.3. The molecule has 1 N–H and O–H groups in total. The normalized spacial score (nSPS) is 20.1. The van der Waals surface area contributed by atoms with Crippen molar-refractivity contribution in [2.75, 3.05) is 13.2 Å². The number of carbonyl (C=O) groups excluding carboxylic acids is 1. The van der Waals surface area contributed by atoms with Crippen molar-refractivity contribution in [1.29, 1.82) is 0 Å². The van der Waals surface area contributed by atoms with Crippen LogP contribution in [0.3, 0.4) is 0 Å². The Bertz CT molecular complexity index is 1210. The van der Waals surface area contributed by atoms with E-state index < -0.39 is 0 Å². The third-order valence-corrected chi connectivity index (χ3v) is 7.15. The van der Waals surface area contributed by atoms with Gasteiger partial charge in [-0.1, -0.05) is 32.9 Å². The third-order valence-electron chi connectivity index (χ3n) is 7.15. The Hall–Kier alpha value is -3.21. The highest BCUT2D eigenvalue weighted by molar-refractivity contribution is 6.00. The Morgan fingerprint density at radius 3 is 2.68 bits per heavy atom. The van der Waals surface area contributed by atoms with Crippen LogP contribution in [-0.4, -0.2) is 29.9 Å². The molecule has 2 atom stereocenters. The molecule has 0 saturated heterocycles. The number of nitrogens with zero attached hydrogens (tertiary/aromatic N) is 2. The molecule has 1 aromatic carbocycles. The van der Waals surface area contributed by atoms with Gasteiger partial charge in [-0.25, -0.2) is 4.99 Å². The van der Waals surface area contributed by atoms with Crippen LogP contribution >= 0.6 is 0 Å². The molecule has 1 aliphatic heterocycles. The number of fused-ring (bicyclic) bond motifs is 1. The van der Waals surface area contributed by atoms with Crippen molar-refractivity contribution in [2.45, 2.75) is 60.3 Å². The highest BCUT2D eigenvalue weighted by atomic mass is 16.5. The van der Waals surface area contributed by atoms with E-state index in [0.29, 0.717) is 30.7 Å². The summed E-state index contributed by atoms with van der Waals surface area (Å²) in [6, 6.07) is 8.53. The van der Waals surface area contributed by atoms with E-state index in [4.69, 9.17) is 9.73 Å². The molecule has 2 unspecified atom stereocenters. The van der Waals surface area contributed by atoms with Crippen LogP contribution in [0.25, 0.3) is 17.2 Å². The number of carbonyl (C=O) groups is 1. The van der Waals surface area contributed by atoms with Crippen molar-refractivity contribution < 1.29 is 9.53 Å². The maximum Gasteiger partial charge on any atom is 0.269 e. The molecule has 34 heavy (non-hydrogen) atoms. The van der Waals surface area contributed by atoms with Crippen LogP contribution in [0.5, 0.6) is 0 Å². The zero-order chi connectivity index (χ0) is 24.4. The van der Waals surface area contributed by atoms with Gasteiger partial charge in [-0.2, -0.15) is 0 Å². The molecule has 0 bridgehead atoms. The summed E-state index contributed by atoms with van der Waals surface area (Å²) in [6.45, 7) is 14.0. The van der Waals surface area contributed by atoms with Gasteiger partial charge in [0.25, 0.3) is 5.91 Å². The van der Waals surface area contributed by atoms with Crippen LogP contribution in [0.15, 0.2) is 52.3 Å². The van der Waals surface area contributed by atoms with Crippen molar-refractivity contribution >= 4 is 17.9 Å². The molecule has 0 radical (unpaired) electrons. The van der Waals surface area contributed by atoms with Crippen molar-refractivity contribution in [3.05, 3.63) is 69.7 Å². The molecule has 1 amide bonds. The number of hydrogen-bond acceptors (Lipinski definition) is 4. The average Bonchev–Trinajstić information content (AvgIpc) is 2.95. The lowest BCUT2D eigenvalue weighted by Crippen LogP contribution is -2.23. The topological polar surface area (TPSA) is 63.6 Å². The SMILES string of the molecule is CCNC(=O)c1cc(-c2ccc3c(c2)C=C(C2=NC(C)=C(CC)CO2)CC(C)C3C)c(C)cn1. The number of rotatable bonds is 5. The zero-order valence-corrected chi connectivity index (χ0v) is 21.2. The molecule has 2 heterocycles. The molecule has 2 aliphatic rings. The molecule has 5 heteroatoms. The summed E-state index contributed by atoms with van der Waals surface area (Å²) in [4.78, 5) is 21.5. The van der Waals surface area contributed by atoms with Gasteiger partial charge in [0.15, 0.2) is 0 Å². The van der Waals surface area contributed by atoms with Gasteiger partial charge in [-0.05, 0) is 97.0 Å². The molecule has 1 aromatic heterocycles. The molecule has 4 rings (SSSR count). The Balaban J connectivity index is 1.79. The fourth-order valence-electron chi connectivity index (χ4n) is 4.76. The Kier molecular flexibility index (Phi) is 7.01. The average molecular weight is 458 g/mol. The predicted octanol–water partition coefficient (Wildman–Crippen LogP) is 6.45. The zero-order valence-electron chi connectivity index (χ0n) is 21.2. The molecule has 0 spiro atoms. The monoisotopic (exact) mass is 457 g/mol. The summed E-state index contributed by atoms with van der Waals surface area (Å²) in [7, 11) is 0. The minimum atomic E-state index is -0.148. The number of amides is 1. The fourth-order valence-corrected chi connectivity index (χ4v) is 4.76. The smallest absolute Gasteiger partial charge is 0.269 e. The molecular formula is C29H35N3O2. The molecule has 5 nitrogen and oxygen atoms in total. The van der Waals surface area contributed by atoms with E-state index >= 15 is 0 Å². The lowest BCUT2D eigenvalue weighted by Gasteiger charge is -2.22. The Labute approximate surface area is 203 Å². The standard InChI is InChI=1S/C29H35N3O2/c1-7-21-16-34-29(32-20(21)6)24-11-17(3)19(5)25-10-9-22(12-23(25)13-24)26-14-27(28(33)30-8-2)31-15-18(26)4/h9-10,12-15,17,19H,7-8,11,16H2,1-6H3,(H,30,33). The fraction of sp³-hybridized carbons (Fsp3) is 0.414. The van der Waals surface area contributed by atoms with Crippen molar-refractivity contribution in [3.63, 3.8) is 0 Å². The maximum absolute atomic E-state index is 12.4. The van der Waals surface area contributed by atoms with Gasteiger partial charge < -0.3 is 10.1 Å². The van der Waals surface area contributed by atoms with Crippen molar-refractivity contribution in [2.24, 2.45) is 10.9 Å². The molecule has 1 aliphatic carbocycles. The van der Waals surface area contributed by atoms with E-state index in [1.807, 2.05) is 19.9 Å². The van der Waals surface area contributed by atoms with Gasteiger partial charge >= 0.3 is 0 Å². The second-order valence-corrected chi connectivity index (χ2v) is 9.48. The number of aromatic nitrogens is 1. The highest BCUT2D eigenvalue weighted by Crippen LogP contribution is 2.39. The van der Waals surface area contributed by atoms with Crippen LogP contribution in [0.1, 0.15) is 80.6 Å². The summed E-state index contributed by atoms with van der Waals surface area (Å²) in [6.07, 6.45) is 5.92. The first kappa shape index (κ1) is 23.9. The lowest BCUT2D eigenvalue weighted by atomic mass is 9.85. The molecular weight excluding hydrogens is 422 g/mol. The first-order valence-electron chi connectivity index (χ1n) is 12.3. The van der Waals surface area contributed by atoms with Gasteiger partial charge in [0.05, 0.1) is 0 Å². The highest BCUT2D eigenvalue weighted by Gasteiger charge is 2.26. The van der Waals surface area contributed by atoms with E-state index in [-0.39, 0.29) is 5.91 Å². The van der Waals surface area contributed by atoms with Crippen LogP contribution in [0.2, 0.25) is 0 Å². The minimum absolute atomic E-state index is 0.148. The number of aryl methyl sites for hydroxylation is 1. The summed E-state index contributed by atoms with van der Waals surface area (Å²) in [5.74, 6) is 1.49. The Morgan fingerprint density at radius 1 is 1.18 bits per heavy atom. The summed E-state index contributed by atoms with van der Waals surface area (Å²) < 4.78 is 6.12.